The molecule has 2 aromatic rings. The van der Waals surface area contributed by atoms with Crippen LogP contribution in [0.15, 0.2) is 42.5 Å². The van der Waals surface area contributed by atoms with Gasteiger partial charge in [-0.15, -0.1) is 12.4 Å². The van der Waals surface area contributed by atoms with Gasteiger partial charge in [0.15, 0.2) is 0 Å². The largest absolute Gasteiger partial charge is 0.326 e. The highest BCUT2D eigenvalue weighted by Crippen LogP contribution is 2.31. The first-order chi connectivity index (χ1) is 7.74. The zero-order chi connectivity index (χ0) is 11.5. The van der Waals surface area contributed by atoms with E-state index in [-0.39, 0.29) is 12.4 Å². The summed E-state index contributed by atoms with van der Waals surface area (Å²) < 4.78 is 0. The van der Waals surface area contributed by atoms with Crippen molar-refractivity contribution in [2.45, 2.75) is 13.5 Å². The Labute approximate surface area is 113 Å². The Morgan fingerprint density at radius 1 is 1.00 bits per heavy atom. The monoisotopic (exact) mass is 267 g/mol. The van der Waals surface area contributed by atoms with Crippen molar-refractivity contribution in [1.29, 1.82) is 0 Å². The van der Waals surface area contributed by atoms with E-state index in [4.69, 9.17) is 17.3 Å². The van der Waals surface area contributed by atoms with Crippen molar-refractivity contribution in [2.24, 2.45) is 5.73 Å². The summed E-state index contributed by atoms with van der Waals surface area (Å²) in [6.45, 7) is 2.61. The molecule has 0 aliphatic heterocycles. The van der Waals surface area contributed by atoms with Gasteiger partial charge in [-0.25, -0.2) is 0 Å². The minimum absolute atomic E-state index is 0. The molecular weight excluding hydrogens is 253 g/mol. The molecule has 0 aliphatic carbocycles. The number of hydrogen-bond acceptors (Lipinski definition) is 1. The van der Waals surface area contributed by atoms with Crippen LogP contribution >= 0.6 is 24.0 Å². The maximum absolute atomic E-state index is 6.20. The van der Waals surface area contributed by atoms with Crippen molar-refractivity contribution in [3.8, 4) is 11.1 Å². The molecule has 0 atom stereocenters. The van der Waals surface area contributed by atoms with E-state index in [1.165, 1.54) is 5.56 Å². The summed E-state index contributed by atoms with van der Waals surface area (Å²) in [6.07, 6.45) is 0. The van der Waals surface area contributed by atoms with Crippen LogP contribution in [0.2, 0.25) is 5.02 Å². The van der Waals surface area contributed by atoms with Crippen LogP contribution in [-0.2, 0) is 6.54 Å². The molecule has 0 fully saturated rings. The molecule has 0 amide bonds. The second kappa shape index (κ2) is 6.06. The molecule has 90 valence electrons. The number of aryl methyl sites for hydroxylation is 1. The standard InChI is InChI=1S/C14H14ClN.ClH/c1-10-5-4-7-11(13(10)9-16)12-6-2-3-8-14(12)15;/h2-8H,9,16H2,1H3;1H. The van der Waals surface area contributed by atoms with E-state index in [0.717, 1.165) is 21.7 Å². The molecule has 0 aromatic heterocycles. The number of nitrogens with two attached hydrogens (primary N) is 1. The van der Waals surface area contributed by atoms with Crippen LogP contribution in [0.3, 0.4) is 0 Å². The fraction of sp³-hybridized carbons (Fsp3) is 0.143. The lowest BCUT2D eigenvalue weighted by Crippen LogP contribution is -2.01. The van der Waals surface area contributed by atoms with Gasteiger partial charge in [-0.2, -0.15) is 0 Å². The van der Waals surface area contributed by atoms with E-state index < -0.39 is 0 Å². The lowest BCUT2D eigenvalue weighted by molar-refractivity contribution is 1.05. The molecule has 0 saturated heterocycles. The zero-order valence-electron chi connectivity index (χ0n) is 9.61. The molecule has 3 heteroatoms. The predicted octanol–water partition coefficient (Wildman–Crippen LogP) is 4.20. The highest BCUT2D eigenvalue weighted by molar-refractivity contribution is 6.33. The van der Waals surface area contributed by atoms with E-state index in [1.54, 1.807) is 0 Å². The maximum Gasteiger partial charge on any atom is 0.0484 e. The Morgan fingerprint density at radius 2 is 1.65 bits per heavy atom. The smallest absolute Gasteiger partial charge is 0.0484 e. The quantitative estimate of drug-likeness (QED) is 0.868. The van der Waals surface area contributed by atoms with Crippen molar-refractivity contribution in [1.82, 2.24) is 0 Å². The van der Waals surface area contributed by atoms with Crippen LogP contribution in [0.4, 0.5) is 0 Å². The third-order valence-electron chi connectivity index (χ3n) is 2.78. The Kier molecular flexibility index (Phi) is 5.01. The fourth-order valence-corrected chi connectivity index (χ4v) is 2.14. The SMILES string of the molecule is Cc1cccc(-c2ccccc2Cl)c1CN.Cl. The molecule has 0 heterocycles. The number of halogens is 2. The average Bonchev–Trinajstić information content (AvgIpc) is 2.29. The second-order valence-electron chi connectivity index (χ2n) is 3.78. The first-order valence-electron chi connectivity index (χ1n) is 5.27. The van der Waals surface area contributed by atoms with Gasteiger partial charge >= 0.3 is 0 Å². The van der Waals surface area contributed by atoms with Gasteiger partial charge in [-0.3, -0.25) is 0 Å². The summed E-state index contributed by atoms with van der Waals surface area (Å²) in [5.41, 5.74) is 10.3. The average molecular weight is 268 g/mol. The van der Waals surface area contributed by atoms with Crippen LogP contribution < -0.4 is 5.73 Å². The molecule has 2 N–H and O–H groups in total. The first kappa shape index (κ1) is 14.0. The van der Waals surface area contributed by atoms with Gasteiger partial charge in [0, 0.05) is 17.1 Å². The Balaban J connectivity index is 0.00000144. The van der Waals surface area contributed by atoms with E-state index in [9.17, 15) is 0 Å². The summed E-state index contributed by atoms with van der Waals surface area (Å²) in [6, 6.07) is 14.0. The van der Waals surface area contributed by atoms with Crippen LogP contribution in [0.1, 0.15) is 11.1 Å². The second-order valence-corrected chi connectivity index (χ2v) is 4.19. The third kappa shape index (κ3) is 2.81. The predicted molar refractivity (Wildman–Crippen MR) is 76.8 cm³/mol. The fourth-order valence-electron chi connectivity index (χ4n) is 1.91. The van der Waals surface area contributed by atoms with Gasteiger partial charge in [0.1, 0.15) is 0 Å². The molecule has 17 heavy (non-hydrogen) atoms. The van der Waals surface area contributed by atoms with E-state index in [1.807, 2.05) is 30.3 Å². The first-order valence-corrected chi connectivity index (χ1v) is 5.65. The van der Waals surface area contributed by atoms with Gasteiger partial charge in [0.2, 0.25) is 0 Å². The summed E-state index contributed by atoms with van der Waals surface area (Å²) in [7, 11) is 0. The lowest BCUT2D eigenvalue weighted by atomic mass is 9.96. The number of rotatable bonds is 2. The van der Waals surface area contributed by atoms with Crippen LogP contribution in [0.5, 0.6) is 0 Å². The van der Waals surface area contributed by atoms with Crippen molar-refractivity contribution in [3.05, 3.63) is 58.6 Å². The normalized spacial score (nSPS) is 9.82. The van der Waals surface area contributed by atoms with Gasteiger partial charge in [-0.1, -0.05) is 48.0 Å². The van der Waals surface area contributed by atoms with Crippen LogP contribution in [0, 0.1) is 6.92 Å². The molecular formula is C14H15Cl2N. The van der Waals surface area contributed by atoms with Crippen molar-refractivity contribution in [3.63, 3.8) is 0 Å². The number of benzene rings is 2. The van der Waals surface area contributed by atoms with Gasteiger partial charge < -0.3 is 5.73 Å². The summed E-state index contributed by atoms with van der Waals surface area (Å²) in [4.78, 5) is 0. The van der Waals surface area contributed by atoms with Crippen molar-refractivity contribution >= 4 is 24.0 Å². The van der Waals surface area contributed by atoms with Crippen LogP contribution in [-0.4, -0.2) is 0 Å². The van der Waals surface area contributed by atoms with Gasteiger partial charge in [0.25, 0.3) is 0 Å². The molecule has 0 aliphatic rings. The Morgan fingerprint density at radius 3 is 2.29 bits per heavy atom. The maximum atomic E-state index is 6.20. The highest BCUT2D eigenvalue weighted by Gasteiger charge is 2.08. The lowest BCUT2D eigenvalue weighted by Gasteiger charge is -2.12. The van der Waals surface area contributed by atoms with Crippen molar-refractivity contribution in [2.75, 3.05) is 0 Å². The Bertz CT molecular complexity index is 509. The molecule has 0 saturated carbocycles. The molecule has 0 spiro atoms. The molecule has 0 bridgehead atoms. The minimum atomic E-state index is 0. The number of hydrogen-bond donors (Lipinski definition) is 1. The minimum Gasteiger partial charge on any atom is -0.326 e. The van der Waals surface area contributed by atoms with E-state index in [0.29, 0.717) is 6.54 Å². The summed E-state index contributed by atoms with van der Waals surface area (Å²) in [5.74, 6) is 0. The molecule has 0 radical (unpaired) electrons. The summed E-state index contributed by atoms with van der Waals surface area (Å²) >= 11 is 6.20. The van der Waals surface area contributed by atoms with Gasteiger partial charge in [0.05, 0.1) is 0 Å². The van der Waals surface area contributed by atoms with Gasteiger partial charge in [-0.05, 0) is 29.7 Å². The van der Waals surface area contributed by atoms with Crippen molar-refractivity contribution < 1.29 is 0 Å². The molecule has 2 aromatic carbocycles. The molecule has 1 nitrogen and oxygen atoms in total. The van der Waals surface area contributed by atoms with E-state index in [2.05, 4.69) is 19.1 Å². The summed E-state index contributed by atoms with van der Waals surface area (Å²) in [5, 5.41) is 0.766. The zero-order valence-corrected chi connectivity index (χ0v) is 11.2. The Hall–Kier alpha value is -1.02. The van der Waals surface area contributed by atoms with E-state index >= 15 is 0 Å². The molecule has 2 rings (SSSR count). The molecule has 0 unspecified atom stereocenters. The van der Waals surface area contributed by atoms with Crippen LogP contribution in [0.25, 0.3) is 11.1 Å². The highest BCUT2D eigenvalue weighted by atomic mass is 35.5. The third-order valence-corrected chi connectivity index (χ3v) is 3.11. The topological polar surface area (TPSA) is 26.0 Å².